The molecule has 1 aromatic heterocycles. The van der Waals surface area contributed by atoms with Crippen LogP contribution in [0.4, 0.5) is 5.13 Å². The van der Waals surface area contributed by atoms with Gasteiger partial charge in [-0.3, -0.25) is 14.9 Å². The predicted octanol–water partition coefficient (Wildman–Crippen LogP) is 2.31. The number of hydrazone groups is 1. The first kappa shape index (κ1) is 20.0. The predicted molar refractivity (Wildman–Crippen MR) is 109 cm³/mol. The van der Waals surface area contributed by atoms with Crippen molar-refractivity contribution in [1.82, 2.24) is 15.6 Å². The molecule has 0 bridgehead atoms. The summed E-state index contributed by atoms with van der Waals surface area (Å²) in [5.41, 5.74) is 3.60. The molecule has 29 heavy (non-hydrogen) atoms. The molecule has 148 valence electrons. The van der Waals surface area contributed by atoms with Crippen LogP contribution in [0.2, 0.25) is 0 Å². The summed E-state index contributed by atoms with van der Waals surface area (Å²) in [6.07, 6.45) is 1.35. The Hall–Kier alpha value is -3.79. The number of hydrogen-bond acceptors (Lipinski definition) is 8. The number of ether oxygens (including phenoxy) is 2. The van der Waals surface area contributed by atoms with Crippen LogP contribution in [0.1, 0.15) is 5.56 Å². The quantitative estimate of drug-likeness (QED) is 0.365. The van der Waals surface area contributed by atoms with Crippen molar-refractivity contribution in [2.24, 2.45) is 5.10 Å². The maximum absolute atomic E-state index is 12.0. The molecule has 0 aliphatic rings. The molecular weight excluding hydrogens is 394 g/mol. The molecule has 2 aromatic carbocycles. The van der Waals surface area contributed by atoms with Gasteiger partial charge in [-0.2, -0.15) is 5.10 Å². The number of carbonyl (C=O) groups is 2. The van der Waals surface area contributed by atoms with Crippen molar-refractivity contribution in [2.45, 2.75) is 0 Å². The molecule has 10 heteroatoms. The van der Waals surface area contributed by atoms with E-state index in [2.05, 4.69) is 26.0 Å². The lowest BCUT2D eigenvalue weighted by molar-refractivity contribution is -0.136. The summed E-state index contributed by atoms with van der Waals surface area (Å²) < 4.78 is 10.4. The fourth-order valence-corrected chi connectivity index (χ4v) is 3.02. The maximum atomic E-state index is 12.0. The highest BCUT2D eigenvalue weighted by atomic mass is 32.1. The van der Waals surface area contributed by atoms with E-state index in [0.29, 0.717) is 22.1 Å². The van der Waals surface area contributed by atoms with Gasteiger partial charge in [0, 0.05) is 11.1 Å². The van der Waals surface area contributed by atoms with E-state index < -0.39 is 11.8 Å². The molecule has 0 radical (unpaired) electrons. The molecule has 0 aliphatic carbocycles. The average molecular weight is 411 g/mol. The molecule has 9 nitrogen and oxygen atoms in total. The Labute approximate surface area is 170 Å². The number of methoxy groups -OCH3 is 2. The Morgan fingerprint density at radius 2 is 1.83 bits per heavy atom. The van der Waals surface area contributed by atoms with Crippen LogP contribution >= 0.6 is 11.3 Å². The van der Waals surface area contributed by atoms with Crippen LogP contribution in [0.25, 0.3) is 10.6 Å². The second-order valence-corrected chi connectivity index (χ2v) is 6.52. The third kappa shape index (κ3) is 5.14. The number of hydrogen-bond donors (Lipinski definition) is 2. The average Bonchev–Trinajstić information content (AvgIpc) is 3.22. The number of amides is 2. The number of nitrogens with zero attached hydrogens (tertiary/aromatic N) is 3. The molecule has 1 heterocycles. The van der Waals surface area contributed by atoms with Gasteiger partial charge in [0.2, 0.25) is 5.13 Å². The van der Waals surface area contributed by atoms with E-state index in [4.69, 9.17) is 9.47 Å². The second kappa shape index (κ2) is 9.42. The molecule has 0 fully saturated rings. The largest absolute Gasteiger partial charge is 0.497 e. The van der Waals surface area contributed by atoms with E-state index in [-0.39, 0.29) is 5.13 Å². The molecule has 0 saturated carbocycles. The van der Waals surface area contributed by atoms with E-state index in [1.54, 1.807) is 18.2 Å². The zero-order valence-electron chi connectivity index (χ0n) is 15.6. The Morgan fingerprint density at radius 3 is 2.55 bits per heavy atom. The van der Waals surface area contributed by atoms with Crippen LogP contribution < -0.4 is 20.2 Å². The Balaban J connectivity index is 1.60. The Morgan fingerprint density at radius 1 is 1.03 bits per heavy atom. The first-order chi connectivity index (χ1) is 14.1. The molecule has 0 atom stereocenters. The van der Waals surface area contributed by atoms with Crippen LogP contribution in [0.15, 0.2) is 53.6 Å². The van der Waals surface area contributed by atoms with Crippen molar-refractivity contribution in [3.63, 3.8) is 0 Å². The van der Waals surface area contributed by atoms with Crippen LogP contribution in [0.3, 0.4) is 0 Å². The fraction of sp³-hybridized carbons (Fsp3) is 0.105. The summed E-state index contributed by atoms with van der Waals surface area (Å²) in [6, 6.07) is 14.5. The molecule has 3 rings (SSSR count). The lowest BCUT2D eigenvalue weighted by atomic mass is 10.2. The minimum absolute atomic E-state index is 0.211. The third-order valence-corrected chi connectivity index (χ3v) is 4.57. The highest BCUT2D eigenvalue weighted by Gasteiger charge is 2.16. The van der Waals surface area contributed by atoms with Gasteiger partial charge < -0.3 is 9.47 Å². The lowest BCUT2D eigenvalue weighted by Crippen LogP contribution is -2.32. The summed E-state index contributed by atoms with van der Waals surface area (Å²) >= 11 is 1.16. The van der Waals surface area contributed by atoms with Gasteiger partial charge in [0.1, 0.15) is 16.5 Å². The zero-order valence-corrected chi connectivity index (χ0v) is 16.4. The highest BCUT2D eigenvalue weighted by Crippen LogP contribution is 2.25. The van der Waals surface area contributed by atoms with E-state index in [0.717, 1.165) is 16.9 Å². The van der Waals surface area contributed by atoms with Crippen molar-refractivity contribution >= 4 is 34.5 Å². The first-order valence-corrected chi connectivity index (χ1v) is 9.17. The molecule has 0 saturated heterocycles. The summed E-state index contributed by atoms with van der Waals surface area (Å²) in [5, 5.41) is 14.9. The number of aromatic nitrogens is 2. The maximum Gasteiger partial charge on any atom is 0.329 e. The summed E-state index contributed by atoms with van der Waals surface area (Å²) in [4.78, 5) is 24.0. The van der Waals surface area contributed by atoms with Gasteiger partial charge >= 0.3 is 11.8 Å². The molecule has 0 unspecified atom stereocenters. The number of carbonyl (C=O) groups excluding carboxylic acids is 2. The van der Waals surface area contributed by atoms with Gasteiger partial charge in [-0.05, 0) is 18.2 Å². The molecule has 0 aliphatic heterocycles. The molecule has 3 aromatic rings. The lowest BCUT2D eigenvalue weighted by Gasteiger charge is -2.06. The fourth-order valence-electron chi connectivity index (χ4n) is 2.28. The summed E-state index contributed by atoms with van der Waals surface area (Å²) in [6.45, 7) is 0. The number of nitrogens with one attached hydrogen (secondary N) is 2. The molecule has 0 spiro atoms. The van der Waals surface area contributed by atoms with Gasteiger partial charge in [-0.1, -0.05) is 41.7 Å². The monoisotopic (exact) mass is 411 g/mol. The van der Waals surface area contributed by atoms with Crippen LogP contribution in [0, 0.1) is 0 Å². The standard InChI is InChI=1S/C19H17N5O4S/c1-27-14-8-9-15(28-2)13(10-14)11-20-22-17(26)16(25)21-19-24-23-18(29-19)12-6-4-3-5-7-12/h3-11H,1-2H3,(H,22,26)(H,21,24,25)/b20-11-. The number of anilines is 1. The van der Waals surface area contributed by atoms with Crippen LogP contribution in [0.5, 0.6) is 11.5 Å². The van der Waals surface area contributed by atoms with Crippen molar-refractivity contribution in [3.8, 4) is 22.1 Å². The van der Waals surface area contributed by atoms with E-state index in [1.165, 1.54) is 20.4 Å². The SMILES string of the molecule is COc1ccc(OC)c(/C=N\NC(=O)C(=O)Nc2nnc(-c3ccccc3)s2)c1. The first-order valence-electron chi connectivity index (χ1n) is 8.36. The second-order valence-electron chi connectivity index (χ2n) is 5.54. The van der Waals surface area contributed by atoms with Gasteiger partial charge in [0.15, 0.2) is 0 Å². The molecule has 2 amide bonds. The smallest absolute Gasteiger partial charge is 0.329 e. The van der Waals surface area contributed by atoms with Gasteiger partial charge in [0.25, 0.3) is 0 Å². The van der Waals surface area contributed by atoms with Crippen LogP contribution in [-0.4, -0.2) is 42.4 Å². The van der Waals surface area contributed by atoms with Crippen molar-refractivity contribution in [3.05, 3.63) is 54.1 Å². The minimum Gasteiger partial charge on any atom is -0.497 e. The summed E-state index contributed by atoms with van der Waals surface area (Å²) in [7, 11) is 3.04. The van der Waals surface area contributed by atoms with Gasteiger partial charge in [0.05, 0.1) is 20.4 Å². The normalized spacial score (nSPS) is 10.6. The van der Waals surface area contributed by atoms with E-state index >= 15 is 0 Å². The third-order valence-electron chi connectivity index (χ3n) is 3.68. The Kier molecular flexibility index (Phi) is 6.48. The number of rotatable bonds is 6. The molecular formula is C19H17N5O4S. The summed E-state index contributed by atoms with van der Waals surface area (Å²) in [5.74, 6) is -0.715. The zero-order chi connectivity index (χ0) is 20.6. The Bertz CT molecular complexity index is 1040. The van der Waals surface area contributed by atoms with Gasteiger partial charge in [-0.25, -0.2) is 5.43 Å². The van der Waals surface area contributed by atoms with Crippen molar-refractivity contribution < 1.29 is 19.1 Å². The van der Waals surface area contributed by atoms with Gasteiger partial charge in [-0.15, -0.1) is 10.2 Å². The van der Waals surface area contributed by atoms with Crippen molar-refractivity contribution in [1.29, 1.82) is 0 Å². The highest BCUT2D eigenvalue weighted by molar-refractivity contribution is 7.18. The molecule has 2 N–H and O–H groups in total. The van der Waals surface area contributed by atoms with Crippen LogP contribution in [-0.2, 0) is 9.59 Å². The van der Waals surface area contributed by atoms with E-state index in [9.17, 15) is 9.59 Å². The number of benzene rings is 2. The topological polar surface area (TPSA) is 115 Å². The van der Waals surface area contributed by atoms with Crippen molar-refractivity contribution in [2.75, 3.05) is 19.5 Å². The minimum atomic E-state index is -0.945. The van der Waals surface area contributed by atoms with E-state index in [1.807, 2.05) is 30.3 Å².